The van der Waals surface area contributed by atoms with Crippen molar-refractivity contribution in [3.8, 4) is 0 Å². The van der Waals surface area contributed by atoms with Crippen molar-refractivity contribution in [2.75, 3.05) is 18.1 Å². The molecule has 1 fully saturated rings. The van der Waals surface area contributed by atoms with Crippen molar-refractivity contribution in [1.29, 1.82) is 0 Å². The maximum absolute atomic E-state index is 12.4. The van der Waals surface area contributed by atoms with Gasteiger partial charge in [-0.3, -0.25) is 4.79 Å². The molecule has 1 aliphatic rings. The van der Waals surface area contributed by atoms with Crippen molar-refractivity contribution in [2.24, 2.45) is 0 Å². The third kappa shape index (κ3) is 2.43. The number of piperazine rings is 1. The number of benzene rings is 1. The van der Waals surface area contributed by atoms with Gasteiger partial charge in [-0.1, -0.05) is 22.0 Å². The van der Waals surface area contributed by atoms with E-state index >= 15 is 0 Å². The molecule has 1 unspecified atom stereocenters. The molecule has 2 rings (SSSR count). The monoisotopic (exact) mass is 312 g/mol. The van der Waals surface area contributed by atoms with Crippen LogP contribution in [-0.4, -0.2) is 35.7 Å². The summed E-state index contributed by atoms with van der Waals surface area (Å²) in [6, 6.07) is 7.13. The highest BCUT2D eigenvalue weighted by atomic mass is 79.9. The summed E-state index contributed by atoms with van der Waals surface area (Å²) in [5, 5.41) is 12.3. The molecule has 1 aromatic carbocycles. The Morgan fingerprint density at radius 1 is 1.56 bits per heavy atom. The zero-order valence-corrected chi connectivity index (χ0v) is 12.1. The number of rotatable bonds is 2. The second-order valence-corrected chi connectivity index (χ2v) is 6.00. The fourth-order valence-electron chi connectivity index (χ4n) is 2.23. The molecular formula is C13H17BrN2O2. The van der Waals surface area contributed by atoms with Crippen LogP contribution < -0.4 is 10.2 Å². The molecule has 1 aliphatic heterocycles. The van der Waals surface area contributed by atoms with Crippen molar-refractivity contribution < 1.29 is 9.90 Å². The quantitative estimate of drug-likeness (QED) is 0.870. The van der Waals surface area contributed by atoms with Gasteiger partial charge < -0.3 is 15.3 Å². The van der Waals surface area contributed by atoms with E-state index in [1.54, 1.807) is 4.90 Å². The second-order valence-electron chi connectivity index (χ2n) is 5.08. The van der Waals surface area contributed by atoms with Gasteiger partial charge >= 0.3 is 0 Å². The number of hydrogen-bond acceptors (Lipinski definition) is 3. The number of aliphatic hydroxyl groups excluding tert-OH is 1. The lowest BCUT2D eigenvalue weighted by atomic mass is 9.96. The molecule has 2 N–H and O–H groups in total. The topological polar surface area (TPSA) is 52.6 Å². The smallest absolute Gasteiger partial charge is 0.247 e. The molecule has 1 atom stereocenters. The van der Waals surface area contributed by atoms with Gasteiger partial charge in [-0.2, -0.15) is 0 Å². The number of carbonyl (C=O) groups excluding carboxylic acids is 1. The van der Waals surface area contributed by atoms with Gasteiger partial charge in [0.05, 0.1) is 12.1 Å². The summed E-state index contributed by atoms with van der Waals surface area (Å²) in [6.45, 7) is 4.48. The first-order valence-electron chi connectivity index (χ1n) is 5.89. The number of amides is 1. The van der Waals surface area contributed by atoms with Crippen LogP contribution in [0.4, 0.5) is 5.69 Å². The fourth-order valence-corrected chi connectivity index (χ4v) is 2.62. The van der Waals surface area contributed by atoms with E-state index in [1.165, 1.54) is 0 Å². The lowest BCUT2D eigenvalue weighted by Crippen LogP contribution is -2.66. The lowest BCUT2D eigenvalue weighted by molar-refractivity contribution is -0.124. The number of nitrogens with zero attached hydrogens (tertiary/aromatic N) is 1. The highest BCUT2D eigenvalue weighted by Gasteiger charge is 2.40. The van der Waals surface area contributed by atoms with Crippen LogP contribution in [0.15, 0.2) is 28.7 Å². The molecule has 0 bridgehead atoms. The Balaban J connectivity index is 2.40. The van der Waals surface area contributed by atoms with Crippen LogP contribution in [0.5, 0.6) is 0 Å². The number of aliphatic hydroxyl groups is 1. The molecule has 4 nitrogen and oxygen atoms in total. The van der Waals surface area contributed by atoms with E-state index in [2.05, 4.69) is 21.2 Å². The fraction of sp³-hybridized carbons (Fsp3) is 0.462. The van der Waals surface area contributed by atoms with Crippen LogP contribution in [0.3, 0.4) is 0 Å². The van der Waals surface area contributed by atoms with Gasteiger partial charge in [-0.05, 0) is 32.0 Å². The molecule has 1 saturated heterocycles. The van der Waals surface area contributed by atoms with Crippen LogP contribution in [-0.2, 0) is 4.79 Å². The summed E-state index contributed by atoms with van der Waals surface area (Å²) in [5.74, 6) is -0.0909. The van der Waals surface area contributed by atoms with Crippen LogP contribution in [0.25, 0.3) is 0 Å². The van der Waals surface area contributed by atoms with Crippen molar-refractivity contribution >= 4 is 27.5 Å². The lowest BCUT2D eigenvalue weighted by Gasteiger charge is -2.45. The van der Waals surface area contributed by atoms with E-state index in [0.717, 1.165) is 10.2 Å². The predicted octanol–water partition coefficient (Wildman–Crippen LogP) is 1.52. The molecule has 0 saturated carbocycles. The molecular weight excluding hydrogens is 296 g/mol. The van der Waals surface area contributed by atoms with Crippen molar-refractivity contribution in [3.63, 3.8) is 0 Å². The molecule has 0 radical (unpaired) electrons. The van der Waals surface area contributed by atoms with E-state index in [1.807, 2.05) is 38.1 Å². The van der Waals surface area contributed by atoms with Crippen molar-refractivity contribution in [3.05, 3.63) is 28.7 Å². The molecule has 0 spiro atoms. The summed E-state index contributed by atoms with van der Waals surface area (Å²) < 4.78 is 0.933. The highest BCUT2D eigenvalue weighted by Crippen LogP contribution is 2.29. The molecule has 98 valence electrons. The van der Waals surface area contributed by atoms with Gasteiger partial charge in [-0.15, -0.1) is 0 Å². The van der Waals surface area contributed by atoms with Gasteiger partial charge in [0.2, 0.25) is 5.91 Å². The first kappa shape index (κ1) is 13.5. The van der Waals surface area contributed by atoms with Gasteiger partial charge in [0.1, 0.15) is 6.04 Å². The normalized spacial score (nSPS) is 23.2. The van der Waals surface area contributed by atoms with Gasteiger partial charge in [0.15, 0.2) is 0 Å². The molecule has 18 heavy (non-hydrogen) atoms. The zero-order valence-electron chi connectivity index (χ0n) is 10.5. The van der Waals surface area contributed by atoms with E-state index < -0.39 is 6.04 Å². The largest absolute Gasteiger partial charge is 0.394 e. The SMILES string of the molecule is CC1(C)CNC(CO)C(=O)N1c1cccc(Br)c1. The molecule has 1 aromatic rings. The molecule has 5 heteroatoms. The Bertz CT molecular complexity index is 462. The maximum atomic E-state index is 12.4. The number of carbonyl (C=O) groups is 1. The van der Waals surface area contributed by atoms with Crippen LogP contribution in [0.2, 0.25) is 0 Å². The average molecular weight is 313 g/mol. The van der Waals surface area contributed by atoms with Crippen LogP contribution in [0, 0.1) is 0 Å². The van der Waals surface area contributed by atoms with Crippen molar-refractivity contribution in [2.45, 2.75) is 25.4 Å². The summed E-state index contributed by atoms with van der Waals surface area (Å²) >= 11 is 3.42. The Labute approximate surface area is 115 Å². The van der Waals surface area contributed by atoms with Gasteiger partial charge in [0, 0.05) is 16.7 Å². The highest BCUT2D eigenvalue weighted by molar-refractivity contribution is 9.10. The minimum absolute atomic E-state index is 0.0909. The van der Waals surface area contributed by atoms with Crippen molar-refractivity contribution in [1.82, 2.24) is 5.32 Å². The Morgan fingerprint density at radius 3 is 2.89 bits per heavy atom. The Morgan fingerprint density at radius 2 is 2.28 bits per heavy atom. The molecule has 1 heterocycles. The third-order valence-corrected chi connectivity index (χ3v) is 3.65. The summed E-state index contributed by atoms with van der Waals surface area (Å²) in [7, 11) is 0. The number of anilines is 1. The number of nitrogens with one attached hydrogen (secondary N) is 1. The first-order valence-corrected chi connectivity index (χ1v) is 6.69. The van der Waals surface area contributed by atoms with Crippen LogP contribution >= 0.6 is 15.9 Å². The first-order chi connectivity index (χ1) is 8.45. The standard InChI is InChI=1S/C13H17BrN2O2/c1-13(2)8-15-11(7-17)12(18)16(13)10-5-3-4-9(14)6-10/h3-6,11,15,17H,7-8H2,1-2H3. The molecule has 1 amide bonds. The van der Waals surface area contributed by atoms with E-state index in [4.69, 9.17) is 0 Å². The van der Waals surface area contributed by atoms with Gasteiger partial charge in [0.25, 0.3) is 0 Å². The third-order valence-electron chi connectivity index (χ3n) is 3.15. The minimum atomic E-state index is -0.517. The van der Waals surface area contributed by atoms with E-state index in [9.17, 15) is 9.90 Å². The maximum Gasteiger partial charge on any atom is 0.247 e. The summed E-state index contributed by atoms with van der Waals surface area (Å²) in [5.41, 5.74) is 0.531. The second kappa shape index (κ2) is 4.99. The summed E-state index contributed by atoms with van der Waals surface area (Å²) in [6.07, 6.45) is 0. The number of halogens is 1. The van der Waals surface area contributed by atoms with Gasteiger partial charge in [-0.25, -0.2) is 0 Å². The number of hydrogen-bond donors (Lipinski definition) is 2. The van der Waals surface area contributed by atoms with E-state index in [0.29, 0.717) is 6.54 Å². The molecule has 0 aromatic heterocycles. The predicted molar refractivity (Wildman–Crippen MR) is 74.6 cm³/mol. The zero-order chi connectivity index (χ0) is 13.3. The Hall–Kier alpha value is -0.910. The van der Waals surface area contributed by atoms with Crippen LogP contribution in [0.1, 0.15) is 13.8 Å². The van der Waals surface area contributed by atoms with E-state index in [-0.39, 0.29) is 18.1 Å². The summed E-state index contributed by atoms with van der Waals surface area (Å²) in [4.78, 5) is 14.1. The Kier molecular flexibility index (Phi) is 3.75. The molecule has 0 aliphatic carbocycles. The minimum Gasteiger partial charge on any atom is -0.394 e. The average Bonchev–Trinajstić information content (AvgIpc) is 2.28.